The summed E-state index contributed by atoms with van der Waals surface area (Å²) in [4.78, 5) is 2.41. The molecule has 2 N–H and O–H groups in total. The molecule has 0 aliphatic carbocycles. The summed E-state index contributed by atoms with van der Waals surface area (Å²) in [6.45, 7) is 4.68. The molecule has 66 valence electrons. The minimum Gasteiger partial charge on any atom is -0.316 e. The van der Waals surface area contributed by atoms with Gasteiger partial charge in [0.2, 0.25) is 0 Å². The van der Waals surface area contributed by atoms with E-state index < -0.39 is 0 Å². The van der Waals surface area contributed by atoms with Crippen molar-refractivity contribution in [3.63, 3.8) is 0 Å². The van der Waals surface area contributed by atoms with Crippen LogP contribution in [0.4, 0.5) is 0 Å². The van der Waals surface area contributed by atoms with Gasteiger partial charge in [0.25, 0.3) is 0 Å². The fourth-order valence-electron chi connectivity index (χ4n) is 1.69. The van der Waals surface area contributed by atoms with Crippen LogP contribution in [0.15, 0.2) is 0 Å². The van der Waals surface area contributed by atoms with Crippen LogP contribution >= 0.6 is 0 Å². The van der Waals surface area contributed by atoms with Crippen LogP contribution in [0, 0.1) is 0 Å². The van der Waals surface area contributed by atoms with E-state index in [1.807, 2.05) is 0 Å². The summed E-state index contributed by atoms with van der Waals surface area (Å²) >= 11 is 0. The molecule has 11 heavy (non-hydrogen) atoms. The van der Waals surface area contributed by atoms with Gasteiger partial charge in [-0.3, -0.25) is 4.90 Å². The van der Waals surface area contributed by atoms with Gasteiger partial charge in [0.1, 0.15) is 0 Å². The van der Waals surface area contributed by atoms with Gasteiger partial charge in [0, 0.05) is 0 Å². The summed E-state index contributed by atoms with van der Waals surface area (Å²) in [5.41, 5.74) is 5.89. The zero-order valence-corrected chi connectivity index (χ0v) is 7.55. The fraction of sp³-hybridized carbons (Fsp3) is 1.00. The summed E-state index contributed by atoms with van der Waals surface area (Å²) in [6.07, 6.45) is 6.85. The van der Waals surface area contributed by atoms with Crippen molar-refractivity contribution in [1.29, 1.82) is 0 Å². The average Bonchev–Trinajstić information content (AvgIpc) is 2.37. The van der Waals surface area contributed by atoms with Crippen LogP contribution in [0.5, 0.6) is 0 Å². The van der Waals surface area contributed by atoms with Crippen molar-refractivity contribution in [3.05, 3.63) is 0 Å². The third kappa shape index (κ3) is 2.80. The highest BCUT2D eigenvalue weighted by Crippen LogP contribution is 2.13. The number of nitrogens with zero attached hydrogens (tertiary/aromatic N) is 1. The summed E-state index contributed by atoms with van der Waals surface area (Å²) in [5.74, 6) is 0. The predicted molar refractivity (Wildman–Crippen MR) is 48.3 cm³/mol. The maximum absolute atomic E-state index is 5.89. The smallest absolute Gasteiger partial charge is 0.0572 e. The van der Waals surface area contributed by atoms with E-state index in [1.54, 1.807) is 0 Å². The molecule has 0 amide bonds. The molecule has 1 fully saturated rings. The molecule has 1 unspecified atom stereocenters. The zero-order valence-electron chi connectivity index (χ0n) is 7.55. The Kier molecular flexibility index (Phi) is 3.87. The van der Waals surface area contributed by atoms with Crippen LogP contribution in [-0.4, -0.2) is 24.2 Å². The highest BCUT2D eigenvalue weighted by atomic mass is 15.2. The van der Waals surface area contributed by atoms with Crippen LogP contribution in [0.3, 0.4) is 0 Å². The van der Waals surface area contributed by atoms with E-state index in [0.29, 0.717) is 6.17 Å². The van der Waals surface area contributed by atoms with Crippen LogP contribution in [0.1, 0.15) is 39.0 Å². The molecule has 1 saturated heterocycles. The SMILES string of the molecule is CCCCCN1CCCC1N. The third-order valence-electron chi connectivity index (χ3n) is 2.46. The Labute approximate surface area is 69.8 Å². The first-order chi connectivity index (χ1) is 5.34. The van der Waals surface area contributed by atoms with Crippen molar-refractivity contribution in [2.45, 2.75) is 45.2 Å². The second kappa shape index (κ2) is 4.73. The molecule has 0 aromatic rings. The van der Waals surface area contributed by atoms with Gasteiger partial charge in [-0.2, -0.15) is 0 Å². The fourth-order valence-corrected chi connectivity index (χ4v) is 1.69. The summed E-state index contributed by atoms with van der Waals surface area (Å²) in [7, 11) is 0. The van der Waals surface area contributed by atoms with Crippen molar-refractivity contribution in [3.8, 4) is 0 Å². The van der Waals surface area contributed by atoms with Crippen LogP contribution in [-0.2, 0) is 0 Å². The van der Waals surface area contributed by atoms with E-state index in [4.69, 9.17) is 5.73 Å². The van der Waals surface area contributed by atoms with Gasteiger partial charge in [-0.1, -0.05) is 19.8 Å². The molecule has 0 bridgehead atoms. The standard InChI is InChI=1S/C9H20N2/c1-2-3-4-7-11-8-5-6-9(11)10/h9H,2-8,10H2,1H3. The van der Waals surface area contributed by atoms with E-state index in [-0.39, 0.29) is 0 Å². The molecule has 2 heteroatoms. The number of nitrogens with two attached hydrogens (primary N) is 1. The van der Waals surface area contributed by atoms with Gasteiger partial charge in [-0.25, -0.2) is 0 Å². The lowest BCUT2D eigenvalue weighted by Gasteiger charge is -2.20. The molecular formula is C9H20N2. The minimum absolute atomic E-state index is 0.367. The van der Waals surface area contributed by atoms with Crippen molar-refractivity contribution >= 4 is 0 Å². The number of likely N-dealkylation sites (tertiary alicyclic amines) is 1. The molecule has 1 atom stereocenters. The average molecular weight is 156 g/mol. The van der Waals surface area contributed by atoms with Crippen molar-refractivity contribution < 1.29 is 0 Å². The first-order valence-electron chi connectivity index (χ1n) is 4.84. The summed E-state index contributed by atoms with van der Waals surface area (Å²) < 4.78 is 0. The lowest BCUT2D eigenvalue weighted by atomic mass is 10.2. The first-order valence-corrected chi connectivity index (χ1v) is 4.84. The molecule has 1 aliphatic rings. The van der Waals surface area contributed by atoms with Crippen molar-refractivity contribution in [2.24, 2.45) is 5.73 Å². The zero-order chi connectivity index (χ0) is 8.10. The maximum Gasteiger partial charge on any atom is 0.0572 e. The monoisotopic (exact) mass is 156 g/mol. The molecule has 1 rings (SSSR count). The summed E-state index contributed by atoms with van der Waals surface area (Å²) in [6, 6.07) is 0. The van der Waals surface area contributed by atoms with E-state index >= 15 is 0 Å². The van der Waals surface area contributed by atoms with Gasteiger partial charge in [0.15, 0.2) is 0 Å². The summed E-state index contributed by atoms with van der Waals surface area (Å²) in [5, 5.41) is 0. The van der Waals surface area contributed by atoms with Crippen molar-refractivity contribution in [1.82, 2.24) is 4.90 Å². The number of rotatable bonds is 4. The van der Waals surface area contributed by atoms with E-state index in [9.17, 15) is 0 Å². The first kappa shape index (κ1) is 9.01. The third-order valence-corrected chi connectivity index (χ3v) is 2.46. The van der Waals surface area contributed by atoms with E-state index in [0.717, 1.165) is 0 Å². The highest BCUT2D eigenvalue weighted by Gasteiger charge is 2.19. The maximum atomic E-state index is 5.89. The Morgan fingerprint density at radius 1 is 1.45 bits per heavy atom. The molecule has 1 heterocycles. The minimum atomic E-state index is 0.367. The lowest BCUT2D eigenvalue weighted by Crippen LogP contribution is -2.36. The Hall–Kier alpha value is -0.0800. The number of hydrogen-bond donors (Lipinski definition) is 1. The van der Waals surface area contributed by atoms with Crippen molar-refractivity contribution in [2.75, 3.05) is 13.1 Å². The van der Waals surface area contributed by atoms with E-state index in [1.165, 1.54) is 45.2 Å². The lowest BCUT2D eigenvalue weighted by molar-refractivity contribution is 0.253. The quantitative estimate of drug-likeness (QED) is 0.626. The Balaban J connectivity index is 2.05. The second-order valence-corrected chi connectivity index (χ2v) is 3.45. The Bertz CT molecular complexity index is 104. The molecular weight excluding hydrogens is 136 g/mol. The van der Waals surface area contributed by atoms with Gasteiger partial charge < -0.3 is 5.73 Å². The van der Waals surface area contributed by atoms with Crippen LogP contribution in [0.25, 0.3) is 0 Å². The number of hydrogen-bond acceptors (Lipinski definition) is 2. The van der Waals surface area contributed by atoms with E-state index in [2.05, 4.69) is 11.8 Å². The van der Waals surface area contributed by atoms with Crippen LogP contribution in [0.2, 0.25) is 0 Å². The molecule has 2 nitrogen and oxygen atoms in total. The van der Waals surface area contributed by atoms with Gasteiger partial charge in [-0.05, 0) is 32.4 Å². The molecule has 0 spiro atoms. The van der Waals surface area contributed by atoms with Crippen LogP contribution < -0.4 is 5.73 Å². The normalized spacial score (nSPS) is 26.2. The Morgan fingerprint density at radius 2 is 2.27 bits per heavy atom. The highest BCUT2D eigenvalue weighted by molar-refractivity contribution is 4.73. The molecule has 0 aromatic heterocycles. The van der Waals surface area contributed by atoms with Gasteiger partial charge >= 0.3 is 0 Å². The molecule has 0 radical (unpaired) electrons. The molecule has 1 aliphatic heterocycles. The largest absolute Gasteiger partial charge is 0.316 e. The molecule has 0 aromatic carbocycles. The molecule has 0 saturated carbocycles. The second-order valence-electron chi connectivity index (χ2n) is 3.45. The Morgan fingerprint density at radius 3 is 2.82 bits per heavy atom. The van der Waals surface area contributed by atoms with Gasteiger partial charge in [0.05, 0.1) is 6.17 Å². The number of unbranched alkanes of at least 4 members (excludes halogenated alkanes) is 2. The van der Waals surface area contributed by atoms with Gasteiger partial charge in [-0.15, -0.1) is 0 Å². The predicted octanol–water partition coefficient (Wildman–Crippen LogP) is 1.56. The topological polar surface area (TPSA) is 29.3 Å².